The Labute approximate surface area is 147 Å². The number of carbonyl (C=O) groups is 3. The van der Waals surface area contributed by atoms with Crippen molar-refractivity contribution >= 4 is 23.6 Å². The summed E-state index contributed by atoms with van der Waals surface area (Å²) in [6.45, 7) is 4.41. The van der Waals surface area contributed by atoms with Gasteiger partial charge in [-0.05, 0) is 25.5 Å². The molecule has 7 heteroatoms. The molecular formula is C18H23N3O4. The highest BCUT2D eigenvalue weighted by atomic mass is 16.6. The number of hydrogen-bond donors (Lipinski definition) is 0. The second kappa shape index (κ2) is 7.55. The summed E-state index contributed by atoms with van der Waals surface area (Å²) in [7, 11) is 0. The van der Waals surface area contributed by atoms with Gasteiger partial charge in [-0.2, -0.15) is 0 Å². The van der Waals surface area contributed by atoms with E-state index < -0.39 is 5.92 Å². The van der Waals surface area contributed by atoms with Crippen LogP contribution in [0, 0.1) is 5.92 Å². The molecule has 0 unspecified atom stereocenters. The Kier molecular flexibility index (Phi) is 5.21. The molecule has 0 bridgehead atoms. The average Bonchev–Trinajstić information content (AvgIpc) is 3.03. The molecule has 0 N–H and O–H groups in total. The molecule has 3 rings (SSSR count). The Morgan fingerprint density at radius 2 is 1.68 bits per heavy atom. The number of carbonyl (C=O) groups excluding carboxylic acids is 3. The lowest BCUT2D eigenvalue weighted by atomic mass is 10.1. The first kappa shape index (κ1) is 17.3. The Morgan fingerprint density at radius 3 is 2.32 bits per heavy atom. The van der Waals surface area contributed by atoms with E-state index in [1.165, 1.54) is 0 Å². The van der Waals surface area contributed by atoms with E-state index in [0.29, 0.717) is 45.8 Å². The van der Waals surface area contributed by atoms with Crippen molar-refractivity contribution < 1.29 is 19.1 Å². The van der Waals surface area contributed by atoms with Crippen LogP contribution in [0.2, 0.25) is 0 Å². The van der Waals surface area contributed by atoms with Gasteiger partial charge in [0.25, 0.3) is 0 Å². The number of anilines is 1. The first-order chi connectivity index (χ1) is 12.1. The summed E-state index contributed by atoms with van der Waals surface area (Å²) in [5.41, 5.74) is 0.829. The number of para-hydroxylation sites is 1. The number of piperazine rings is 1. The first-order valence-electron chi connectivity index (χ1n) is 8.68. The third kappa shape index (κ3) is 3.60. The van der Waals surface area contributed by atoms with Gasteiger partial charge in [0.1, 0.15) is 5.92 Å². The van der Waals surface area contributed by atoms with Gasteiger partial charge in [-0.25, -0.2) is 4.79 Å². The summed E-state index contributed by atoms with van der Waals surface area (Å²) in [5, 5.41) is 0. The quantitative estimate of drug-likeness (QED) is 0.775. The third-order valence-electron chi connectivity index (χ3n) is 4.69. The highest BCUT2D eigenvalue weighted by Crippen LogP contribution is 2.26. The smallest absolute Gasteiger partial charge is 0.409 e. The second-order valence-electron chi connectivity index (χ2n) is 6.18. The maximum Gasteiger partial charge on any atom is 0.409 e. The van der Waals surface area contributed by atoms with Gasteiger partial charge < -0.3 is 19.4 Å². The zero-order valence-electron chi connectivity index (χ0n) is 14.4. The van der Waals surface area contributed by atoms with Gasteiger partial charge in [-0.3, -0.25) is 9.59 Å². The fraction of sp³-hybridized carbons (Fsp3) is 0.500. The number of nitrogens with zero attached hydrogens (tertiary/aromatic N) is 3. The van der Waals surface area contributed by atoms with Crippen LogP contribution in [0.1, 0.15) is 13.3 Å². The lowest BCUT2D eigenvalue weighted by Gasteiger charge is -2.35. The Morgan fingerprint density at radius 1 is 1.04 bits per heavy atom. The molecule has 0 spiro atoms. The fourth-order valence-electron chi connectivity index (χ4n) is 3.32. The Bertz CT molecular complexity index is 641. The molecule has 3 amide bonds. The molecule has 7 nitrogen and oxygen atoms in total. The van der Waals surface area contributed by atoms with Crippen LogP contribution >= 0.6 is 0 Å². The van der Waals surface area contributed by atoms with Gasteiger partial charge in [-0.15, -0.1) is 0 Å². The van der Waals surface area contributed by atoms with E-state index in [9.17, 15) is 14.4 Å². The summed E-state index contributed by atoms with van der Waals surface area (Å²) in [6.07, 6.45) is 0.187. The lowest BCUT2D eigenvalue weighted by Crippen LogP contribution is -2.52. The van der Waals surface area contributed by atoms with Crippen molar-refractivity contribution in [3.8, 4) is 0 Å². The topological polar surface area (TPSA) is 70.2 Å². The Hall–Kier alpha value is -2.57. The van der Waals surface area contributed by atoms with Crippen molar-refractivity contribution in [2.24, 2.45) is 5.92 Å². The van der Waals surface area contributed by atoms with Crippen molar-refractivity contribution in [1.82, 2.24) is 9.80 Å². The summed E-state index contributed by atoms with van der Waals surface area (Å²) in [5.74, 6) is -0.884. The largest absolute Gasteiger partial charge is 0.450 e. The van der Waals surface area contributed by atoms with E-state index in [2.05, 4.69) is 0 Å². The standard InChI is InChI=1S/C18H23N3O4/c1-2-25-18(24)20-12-10-19(11-13-20)16(22)15-8-9-21(17(15)23)14-6-4-3-5-7-14/h3-7,15H,2,8-13H2,1H3/t15-/m0/s1. The van der Waals surface area contributed by atoms with Crippen LogP contribution in [0.4, 0.5) is 10.5 Å². The van der Waals surface area contributed by atoms with E-state index in [1.807, 2.05) is 30.3 Å². The number of benzene rings is 1. The molecule has 2 fully saturated rings. The van der Waals surface area contributed by atoms with Crippen LogP contribution in [-0.2, 0) is 14.3 Å². The van der Waals surface area contributed by atoms with Crippen molar-refractivity contribution in [3.63, 3.8) is 0 Å². The average molecular weight is 345 g/mol. The molecule has 2 aliphatic heterocycles. The molecule has 25 heavy (non-hydrogen) atoms. The van der Waals surface area contributed by atoms with E-state index in [4.69, 9.17) is 4.74 Å². The molecule has 1 atom stereocenters. The van der Waals surface area contributed by atoms with Crippen molar-refractivity contribution in [2.75, 3.05) is 44.2 Å². The third-order valence-corrected chi connectivity index (χ3v) is 4.69. The van der Waals surface area contributed by atoms with E-state index in [-0.39, 0.29) is 17.9 Å². The van der Waals surface area contributed by atoms with Crippen LogP contribution in [0.5, 0.6) is 0 Å². The zero-order valence-corrected chi connectivity index (χ0v) is 14.4. The molecule has 2 heterocycles. The molecule has 2 saturated heterocycles. The van der Waals surface area contributed by atoms with Gasteiger partial charge in [0, 0.05) is 38.4 Å². The van der Waals surface area contributed by atoms with Gasteiger partial charge in [0.15, 0.2) is 0 Å². The minimum absolute atomic E-state index is 0.132. The first-order valence-corrected chi connectivity index (χ1v) is 8.68. The number of rotatable bonds is 3. The van der Waals surface area contributed by atoms with Crippen LogP contribution in [0.3, 0.4) is 0 Å². The molecular weight excluding hydrogens is 322 g/mol. The van der Waals surface area contributed by atoms with Crippen molar-refractivity contribution in [3.05, 3.63) is 30.3 Å². The van der Waals surface area contributed by atoms with Gasteiger partial charge in [-0.1, -0.05) is 18.2 Å². The lowest BCUT2D eigenvalue weighted by molar-refractivity contribution is -0.141. The predicted molar refractivity (Wildman–Crippen MR) is 92.1 cm³/mol. The monoisotopic (exact) mass is 345 g/mol. The number of hydrogen-bond acceptors (Lipinski definition) is 4. The summed E-state index contributed by atoms with van der Waals surface area (Å²) < 4.78 is 4.98. The fourth-order valence-corrected chi connectivity index (χ4v) is 3.32. The predicted octanol–water partition coefficient (Wildman–Crippen LogP) is 1.34. The molecule has 0 saturated carbocycles. The molecule has 0 aliphatic carbocycles. The van der Waals surface area contributed by atoms with E-state index in [1.54, 1.807) is 21.6 Å². The van der Waals surface area contributed by atoms with Gasteiger partial charge in [0.2, 0.25) is 11.8 Å². The molecule has 1 aromatic rings. The van der Waals surface area contributed by atoms with E-state index in [0.717, 1.165) is 5.69 Å². The maximum atomic E-state index is 12.7. The van der Waals surface area contributed by atoms with Gasteiger partial charge >= 0.3 is 6.09 Å². The van der Waals surface area contributed by atoms with Crippen molar-refractivity contribution in [1.29, 1.82) is 0 Å². The van der Waals surface area contributed by atoms with Crippen LogP contribution in [0.15, 0.2) is 30.3 Å². The second-order valence-corrected chi connectivity index (χ2v) is 6.18. The highest BCUT2D eigenvalue weighted by molar-refractivity contribution is 6.09. The van der Waals surface area contributed by atoms with Crippen LogP contribution in [-0.4, -0.2) is 67.0 Å². The minimum atomic E-state index is -0.616. The zero-order chi connectivity index (χ0) is 17.8. The van der Waals surface area contributed by atoms with Gasteiger partial charge in [0.05, 0.1) is 6.61 Å². The summed E-state index contributed by atoms with van der Waals surface area (Å²) >= 11 is 0. The van der Waals surface area contributed by atoms with E-state index >= 15 is 0 Å². The normalized spacial score (nSPS) is 20.8. The van der Waals surface area contributed by atoms with Crippen molar-refractivity contribution in [2.45, 2.75) is 13.3 Å². The SMILES string of the molecule is CCOC(=O)N1CCN(C(=O)[C@@H]2CCN(c3ccccc3)C2=O)CC1. The molecule has 0 aromatic heterocycles. The molecule has 0 radical (unpaired) electrons. The summed E-state index contributed by atoms with van der Waals surface area (Å²) in [4.78, 5) is 42.1. The molecule has 1 aromatic carbocycles. The molecule has 134 valence electrons. The number of ether oxygens (including phenoxy) is 1. The van der Waals surface area contributed by atoms with Crippen LogP contribution < -0.4 is 4.90 Å². The summed E-state index contributed by atoms with van der Waals surface area (Å²) in [6, 6.07) is 9.42. The minimum Gasteiger partial charge on any atom is -0.450 e. The van der Waals surface area contributed by atoms with Crippen LogP contribution in [0.25, 0.3) is 0 Å². The molecule has 2 aliphatic rings. The maximum absolute atomic E-state index is 12.7. The number of amides is 3. The Balaban J connectivity index is 1.58. The highest BCUT2D eigenvalue weighted by Gasteiger charge is 2.40.